The first-order valence-electron chi connectivity index (χ1n) is 6.30. The predicted molar refractivity (Wildman–Crippen MR) is 77.8 cm³/mol. The topological polar surface area (TPSA) is 63.5 Å². The molecule has 0 fully saturated rings. The average Bonchev–Trinajstić information content (AvgIpc) is 3.07. The summed E-state index contributed by atoms with van der Waals surface area (Å²) in [5, 5.41) is 7.69. The Morgan fingerprint density at radius 3 is 2.95 bits per heavy atom. The number of ether oxygens (including phenoxy) is 1. The highest BCUT2D eigenvalue weighted by atomic mass is 32.1. The Morgan fingerprint density at radius 1 is 1.50 bits per heavy atom. The third-order valence-electron chi connectivity index (χ3n) is 2.90. The summed E-state index contributed by atoms with van der Waals surface area (Å²) >= 11 is 1.63. The molecule has 0 spiro atoms. The average molecular weight is 294 g/mol. The molecule has 0 saturated carbocycles. The summed E-state index contributed by atoms with van der Waals surface area (Å²) in [6, 6.07) is 5.10. The first-order chi connectivity index (χ1) is 9.70. The van der Waals surface area contributed by atoms with Gasteiger partial charge in [-0.15, -0.1) is 11.3 Å². The van der Waals surface area contributed by atoms with Gasteiger partial charge in [0.15, 0.2) is 0 Å². The predicted octanol–water partition coefficient (Wildman–Crippen LogP) is 2.84. The zero-order chi connectivity index (χ0) is 14.4. The molecule has 6 heteroatoms. The number of methoxy groups -OCH3 is 1. The fourth-order valence-electron chi connectivity index (χ4n) is 1.81. The van der Waals surface area contributed by atoms with Crippen molar-refractivity contribution in [2.45, 2.75) is 19.5 Å². The van der Waals surface area contributed by atoms with Crippen molar-refractivity contribution >= 4 is 17.4 Å². The fourth-order valence-corrected chi connectivity index (χ4v) is 2.65. The van der Waals surface area contributed by atoms with Crippen molar-refractivity contribution in [1.29, 1.82) is 0 Å². The number of rotatable bonds is 6. The standard InChI is InChI=1S/C14H18N2O3S/c1-10-5-7-20-13(10)8-15-14(17)16-11(9-18-2)12-4-3-6-19-12/h3-7,11H,8-9H2,1-2H3,(H2,15,16,17)/t11-/m0/s1. The first kappa shape index (κ1) is 14.6. The normalized spacial score (nSPS) is 12.1. The summed E-state index contributed by atoms with van der Waals surface area (Å²) in [6.45, 7) is 2.91. The summed E-state index contributed by atoms with van der Waals surface area (Å²) in [6.07, 6.45) is 1.58. The maximum atomic E-state index is 11.9. The highest BCUT2D eigenvalue weighted by Gasteiger charge is 2.16. The molecule has 1 atom stereocenters. The van der Waals surface area contributed by atoms with Crippen LogP contribution in [0.4, 0.5) is 4.79 Å². The molecule has 0 saturated heterocycles. The number of aryl methyl sites for hydroxylation is 1. The number of carbonyl (C=O) groups is 1. The zero-order valence-corrected chi connectivity index (χ0v) is 12.3. The quantitative estimate of drug-likeness (QED) is 0.861. The minimum atomic E-state index is -0.292. The van der Waals surface area contributed by atoms with Crippen LogP contribution in [0.15, 0.2) is 34.3 Å². The van der Waals surface area contributed by atoms with Crippen LogP contribution < -0.4 is 10.6 Å². The highest BCUT2D eigenvalue weighted by Crippen LogP contribution is 2.15. The van der Waals surface area contributed by atoms with Crippen molar-refractivity contribution in [3.63, 3.8) is 0 Å². The SMILES string of the molecule is COC[C@H](NC(=O)NCc1sccc1C)c1ccco1. The molecule has 0 aromatic carbocycles. The molecule has 2 amide bonds. The zero-order valence-electron chi connectivity index (χ0n) is 11.5. The monoisotopic (exact) mass is 294 g/mol. The van der Waals surface area contributed by atoms with E-state index in [2.05, 4.69) is 10.6 Å². The van der Waals surface area contributed by atoms with Gasteiger partial charge in [-0.3, -0.25) is 0 Å². The highest BCUT2D eigenvalue weighted by molar-refractivity contribution is 7.10. The number of thiophene rings is 1. The molecule has 5 nitrogen and oxygen atoms in total. The van der Waals surface area contributed by atoms with Gasteiger partial charge in [0.2, 0.25) is 0 Å². The summed E-state index contributed by atoms with van der Waals surface area (Å²) in [5.74, 6) is 0.675. The van der Waals surface area contributed by atoms with Gasteiger partial charge in [0.1, 0.15) is 11.8 Å². The number of urea groups is 1. The van der Waals surface area contributed by atoms with Crippen LogP contribution in [0, 0.1) is 6.92 Å². The van der Waals surface area contributed by atoms with E-state index in [0.29, 0.717) is 18.9 Å². The number of hydrogen-bond acceptors (Lipinski definition) is 4. The van der Waals surface area contributed by atoms with Crippen molar-refractivity contribution in [2.75, 3.05) is 13.7 Å². The van der Waals surface area contributed by atoms with E-state index in [-0.39, 0.29) is 12.1 Å². The maximum Gasteiger partial charge on any atom is 0.315 e. The van der Waals surface area contributed by atoms with Crippen molar-refractivity contribution in [2.24, 2.45) is 0 Å². The maximum absolute atomic E-state index is 11.9. The van der Waals surface area contributed by atoms with Gasteiger partial charge in [0, 0.05) is 12.0 Å². The van der Waals surface area contributed by atoms with Crippen LogP contribution in [0.2, 0.25) is 0 Å². The van der Waals surface area contributed by atoms with Crippen molar-refractivity contribution < 1.29 is 13.9 Å². The largest absolute Gasteiger partial charge is 0.467 e. The van der Waals surface area contributed by atoms with Gasteiger partial charge in [-0.05, 0) is 36.1 Å². The van der Waals surface area contributed by atoms with Crippen molar-refractivity contribution in [3.05, 3.63) is 46.0 Å². The van der Waals surface area contributed by atoms with Crippen LogP contribution >= 0.6 is 11.3 Å². The Kier molecular flexibility index (Phi) is 5.20. The van der Waals surface area contributed by atoms with Gasteiger partial charge in [-0.1, -0.05) is 0 Å². The molecular weight excluding hydrogens is 276 g/mol. The Hall–Kier alpha value is -1.79. The summed E-state index contributed by atoms with van der Waals surface area (Å²) in [5.41, 5.74) is 1.19. The lowest BCUT2D eigenvalue weighted by Gasteiger charge is -2.16. The van der Waals surface area contributed by atoms with Gasteiger partial charge < -0.3 is 19.8 Å². The Morgan fingerprint density at radius 2 is 2.35 bits per heavy atom. The molecule has 20 heavy (non-hydrogen) atoms. The third-order valence-corrected chi connectivity index (χ3v) is 3.93. The lowest BCUT2D eigenvalue weighted by molar-refractivity contribution is 0.157. The van der Waals surface area contributed by atoms with E-state index in [4.69, 9.17) is 9.15 Å². The lowest BCUT2D eigenvalue weighted by Crippen LogP contribution is -2.39. The Balaban J connectivity index is 1.87. The number of amides is 2. The molecular formula is C14H18N2O3S. The second-order valence-electron chi connectivity index (χ2n) is 4.38. The number of carbonyl (C=O) groups excluding carboxylic acids is 1. The fraction of sp³-hybridized carbons (Fsp3) is 0.357. The van der Waals surface area contributed by atoms with Crippen molar-refractivity contribution in [1.82, 2.24) is 10.6 Å². The van der Waals surface area contributed by atoms with E-state index in [0.717, 1.165) is 4.88 Å². The van der Waals surface area contributed by atoms with E-state index in [1.54, 1.807) is 30.8 Å². The molecule has 0 unspecified atom stereocenters. The van der Waals surface area contributed by atoms with E-state index >= 15 is 0 Å². The van der Waals surface area contributed by atoms with Crippen LogP contribution in [0.25, 0.3) is 0 Å². The summed E-state index contributed by atoms with van der Waals surface area (Å²) < 4.78 is 10.4. The van der Waals surface area contributed by atoms with E-state index in [1.807, 2.05) is 24.4 Å². The van der Waals surface area contributed by atoms with Gasteiger partial charge >= 0.3 is 6.03 Å². The number of furan rings is 1. The van der Waals surface area contributed by atoms with E-state index < -0.39 is 0 Å². The van der Waals surface area contributed by atoms with Crippen LogP contribution in [0.1, 0.15) is 22.2 Å². The minimum Gasteiger partial charge on any atom is -0.467 e. The van der Waals surface area contributed by atoms with Gasteiger partial charge in [-0.25, -0.2) is 4.79 Å². The molecule has 0 bridgehead atoms. The van der Waals surface area contributed by atoms with Crippen molar-refractivity contribution in [3.8, 4) is 0 Å². The van der Waals surface area contributed by atoms with Gasteiger partial charge in [-0.2, -0.15) is 0 Å². The second-order valence-corrected chi connectivity index (χ2v) is 5.38. The lowest BCUT2D eigenvalue weighted by atomic mass is 10.2. The first-order valence-corrected chi connectivity index (χ1v) is 7.18. The molecule has 2 N–H and O–H groups in total. The molecule has 0 radical (unpaired) electrons. The third kappa shape index (κ3) is 3.85. The van der Waals surface area contributed by atoms with Gasteiger partial charge in [0.05, 0.1) is 19.4 Å². The van der Waals surface area contributed by atoms with Crippen LogP contribution in [0.3, 0.4) is 0 Å². The second kappa shape index (κ2) is 7.12. The molecule has 2 aromatic rings. The molecule has 2 heterocycles. The molecule has 2 aromatic heterocycles. The number of nitrogens with one attached hydrogen (secondary N) is 2. The summed E-state index contributed by atoms with van der Waals surface area (Å²) in [4.78, 5) is 13.1. The molecule has 108 valence electrons. The smallest absolute Gasteiger partial charge is 0.315 e. The Bertz CT molecular complexity index is 536. The molecule has 2 rings (SSSR count). The van der Waals surface area contributed by atoms with Crippen LogP contribution in [-0.4, -0.2) is 19.7 Å². The molecule has 0 aliphatic rings. The minimum absolute atomic E-state index is 0.240. The van der Waals surface area contributed by atoms with E-state index in [1.165, 1.54) is 5.56 Å². The van der Waals surface area contributed by atoms with Crippen LogP contribution in [-0.2, 0) is 11.3 Å². The van der Waals surface area contributed by atoms with E-state index in [9.17, 15) is 4.79 Å². The summed E-state index contributed by atoms with van der Waals surface area (Å²) in [7, 11) is 1.59. The molecule has 0 aliphatic carbocycles. The Labute approximate surface area is 121 Å². The van der Waals surface area contributed by atoms with Crippen LogP contribution in [0.5, 0.6) is 0 Å². The van der Waals surface area contributed by atoms with Gasteiger partial charge in [0.25, 0.3) is 0 Å². The number of hydrogen-bond donors (Lipinski definition) is 2. The molecule has 0 aliphatic heterocycles.